The number of alkyl carbamates (subject to hydrolysis) is 1. The van der Waals surface area contributed by atoms with Crippen molar-refractivity contribution in [1.29, 1.82) is 0 Å². The summed E-state index contributed by atoms with van der Waals surface area (Å²) in [5.74, 6) is -1.21. The number of rotatable bonds is 18. The number of esters is 1. The van der Waals surface area contributed by atoms with Crippen LogP contribution < -0.4 is 10.6 Å². The molecule has 0 radical (unpaired) electrons. The van der Waals surface area contributed by atoms with Crippen molar-refractivity contribution >= 4 is 23.9 Å². The lowest BCUT2D eigenvalue weighted by molar-refractivity contribution is -0.144. The molecule has 2 aromatic carbocycles. The Bertz CT molecular complexity index is 1300. The first-order valence-electron chi connectivity index (χ1n) is 16.8. The first-order chi connectivity index (χ1) is 22.3. The lowest BCUT2D eigenvalue weighted by Crippen LogP contribution is -2.54. The van der Waals surface area contributed by atoms with E-state index < -0.39 is 41.6 Å². The Morgan fingerprint density at radius 2 is 1.57 bits per heavy atom. The number of amides is 3. The SMILES string of the molecule is CCCCCCCCN(C(=O)C(Cc1ccc(O)cc1)NC(=O)OC(C)(C)C)C(C(=O)NCCC(=O)OCC)c1cccc(C)c1C. The van der Waals surface area contributed by atoms with E-state index in [0.29, 0.717) is 17.5 Å². The quantitative estimate of drug-likeness (QED) is 0.124. The fourth-order valence-electron chi connectivity index (χ4n) is 5.29. The fraction of sp³-hybridized carbons (Fsp3) is 0.568. The molecule has 0 saturated heterocycles. The van der Waals surface area contributed by atoms with Gasteiger partial charge in [0.25, 0.3) is 0 Å². The summed E-state index contributed by atoms with van der Waals surface area (Å²) in [6, 6.07) is 9.97. The van der Waals surface area contributed by atoms with Crippen LogP contribution >= 0.6 is 0 Å². The number of phenols is 1. The number of nitrogens with one attached hydrogen (secondary N) is 2. The maximum Gasteiger partial charge on any atom is 0.408 e. The van der Waals surface area contributed by atoms with Crippen LogP contribution in [0.2, 0.25) is 0 Å². The molecule has 2 rings (SSSR count). The average molecular weight is 654 g/mol. The van der Waals surface area contributed by atoms with Crippen molar-refractivity contribution < 1.29 is 33.8 Å². The number of carbonyl (C=O) groups is 4. The van der Waals surface area contributed by atoms with Crippen LogP contribution in [0, 0.1) is 13.8 Å². The molecule has 2 aromatic rings. The Morgan fingerprint density at radius 3 is 2.21 bits per heavy atom. The summed E-state index contributed by atoms with van der Waals surface area (Å²) >= 11 is 0. The number of phenolic OH excluding ortho intramolecular Hbond substituents is 1. The first kappa shape index (κ1) is 39.1. The zero-order valence-corrected chi connectivity index (χ0v) is 29.3. The minimum Gasteiger partial charge on any atom is -0.508 e. The lowest BCUT2D eigenvalue weighted by atomic mass is 9.94. The van der Waals surface area contributed by atoms with Crippen LogP contribution in [0.5, 0.6) is 5.75 Å². The Kier molecular flexibility index (Phi) is 16.3. The van der Waals surface area contributed by atoms with Crippen LogP contribution in [0.25, 0.3) is 0 Å². The summed E-state index contributed by atoms with van der Waals surface area (Å²) in [6.07, 6.45) is 5.21. The summed E-state index contributed by atoms with van der Waals surface area (Å²) in [4.78, 5) is 55.5. The molecule has 2 atom stereocenters. The van der Waals surface area contributed by atoms with E-state index in [2.05, 4.69) is 17.6 Å². The van der Waals surface area contributed by atoms with Gasteiger partial charge in [-0.1, -0.05) is 69.4 Å². The normalized spacial score (nSPS) is 12.5. The highest BCUT2D eigenvalue weighted by Crippen LogP contribution is 2.28. The molecule has 0 aliphatic carbocycles. The van der Waals surface area contributed by atoms with Crippen LogP contribution in [0.3, 0.4) is 0 Å². The third kappa shape index (κ3) is 13.7. The number of hydrogen-bond donors (Lipinski definition) is 3. The van der Waals surface area contributed by atoms with Gasteiger partial charge in [-0.2, -0.15) is 0 Å². The molecular weight excluding hydrogens is 598 g/mol. The molecular formula is C37H55N3O7. The fourth-order valence-corrected chi connectivity index (χ4v) is 5.29. The van der Waals surface area contributed by atoms with Gasteiger partial charge in [-0.15, -0.1) is 0 Å². The lowest BCUT2D eigenvalue weighted by Gasteiger charge is -2.35. The first-order valence-corrected chi connectivity index (χ1v) is 16.8. The molecule has 3 amide bonds. The monoisotopic (exact) mass is 653 g/mol. The van der Waals surface area contributed by atoms with Gasteiger partial charge in [0.05, 0.1) is 13.0 Å². The van der Waals surface area contributed by atoms with Gasteiger partial charge in [-0.25, -0.2) is 4.79 Å². The van der Waals surface area contributed by atoms with Gasteiger partial charge in [0, 0.05) is 19.5 Å². The Hall–Kier alpha value is -4.08. The zero-order valence-electron chi connectivity index (χ0n) is 29.3. The number of carbonyl (C=O) groups excluding carboxylic acids is 4. The summed E-state index contributed by atoms with van der Waals surface area (Å²) in [5.41, 5.74) is 2.41. The standard InChI is InChI=1S/C37H55N3O7/c1-8-10-11-12-13-14-24-40(33(30-17-15-16-26(3)27(30)4)34(43)38-23-22-32(42)46-9-2)35(44)31(39-36(45)47-37(5,6)7)25-28-18-20-29(41)21-19-28/h15-21,31,33,41H,8-14,22-25H2,1-7H3,(H,38,43)(H,39,45). The largest absolute Gasteiger partial charge is 0.508 e. The molecule has 10 nitrogen and oxygen atoms in total. The number of ether oxygens (including phenoxy) is 2. The van der Waals surface area contributed by atoms with Crippen LogP contribution in [0.4, 0.5) is 4.79 Å². The van der Waals surface area contributed by atoms with Crippen molar-refractivity contribution in [3.8, 4) is 5.75 Å². The third-order valence-corrected chi connectivity index (χ3v) is 7.84. The number of aryl methyl sites for hydroxylation is 1. The molecule has 10 heteroatoms. The second-order valence-electron chi connectivity index (χ2n) is 12.9. The summed E-state index contributed by atoms with van der Waals surface area (Å²) in [6.45, 7) is 13.5. The molecule has 0 fully saturated rings. The predicted octanol–water partition coefficient (Wildman–Crippen LogP) is 6.44. The topological polar surface area (TPSA) is 134 Å². The number of nitrogens with zero attached hydrogens (tertiary/aromatic N) is 1. The molecule has 0 heterocycles. The van der Waals surface area contributed by atoms with Gasteiger partial charge in [-0.05, 0) is 82.3 Å². The smallest absolute Gasteiger partial charge is 0.408 e. The van der Waals surface area contributed by atoms with E-state index in [0.717, 1.165) is 43.2 Å². The molecule has 2 unspecified atom stereocenters. The van der Waals surface area contributed by atoms with Crippen LogP contribution in [-0.4, -0.2) is 65.2 Å². The Morgan fingerprint density at radius 1 is 0.915 bits per heavy atom. The van der Waals surface area contributed by atoms with Gasteiger partial charge < -0.3 is 30.1 Å². The van der Waals surface area contributed by atoms with Gasteiger partial charge >= 0.3 is 12.1 Å². The third-order valence-electron chi connectivity index (χ3n) is 7.84. The van der Waals surface area contributed by atoms with Crippen molar-refractivity contribution in [2.75, 3.05) is 19.7 Å². The van der Waals surface area contributed by atoms with E-state index in [4.69, 9.17) is 9.47 Å². The number of hydrogen-bond acceptors (Lipinski definition) is 7. The van der Waals surface area contributed by atoms with E-state index in [-0.39, 0.29) is 38.3 Å². The van der Waals surface area contributed by atoms with E-state index >= 15 is 0 Å². The maximum absolute atomic E-state index is 14.7. The van der Waals surface area contributed by atoms with Crippen molar-refractivity contribution in [2.24, 2.45) is 0 Å². The molecule has 0 aliphatic rings. The molecule has 47 heavy (non-hydrogen) atoms. The number of benzene rings is 2. The van der Waals surface area contributed by atoms with Crippen molar-refractivity contribution in [3.05, 3.63) is 64.7 Å². The molecule has 0 aliphatic heterocycles. The van der Waals surface area contributed by atoms with Crippen LogP contribution in [0.15, 0.2) is 42.5 Å². The Balaban J connectivity index is 2.57. The van der Waals surface area contributed by atoms with Gasteiger partial charge in [-0.3, -0.25) is 14.4 Å². The molecule has 0 spiro atoms. The summed E-state index contributed by atoms with van der Waals surface area (Å²) in [7, 11) is 0. The molecule has 0 aromatic heterocycles. The predicted molar refractivity (Wildman–Crippen MR) is 183 cm³/mol. The van der Waals surface area contributed by atoms with E-state index in [1.54, 1.807) is 44.7 Å². The highest BCUT2D eigenvalue weighted by atomic mass is 16.6. The van der Waals surface area contributed by atoms with Crippen LogP contribution in [0.1, 0.15) is 108 Å². The maximum atomic E-state index is 14.7. The van der Waals surface area contributed by atoms with Gasteiger partial charge in [0.2, 0.25) is 11.8 Å². The summed E-state index contributed by atoms with van der Waals surface area (Å²) < 4.78 is 10.6. The second kappa shape index (κ2) is 19.6. The molecule has 3 N–H and O–H groups in total. The highest BCUT2D eigenvalue weighted by molar-refractivity contribution is 5.92. The highest BCUT2D eigenvalue weighted by Gasteiger charge is 2.37. The molecule has 260 valence electrons. The molecule has 0 bridgehead atoms. The van der Waals surface area contributed by atoms with E-state index in [9.17, 15) is 24.3 Å². The van der Waals surface area contributed by atoms with Gasteiger partial charge in [0.15, 0.2) is 0 Å². The van der Waals surface area contributed by atoms with Crippen molar-refractivity contribution in [1.82, 2.24) is 15.5 Å². The average Bonchev–Trinajstić information content (AvgIpc) is 2.99. The van der Waals surface area contributed by atoms with Crippen molar-refractivity contribution in [2.45, 2.75) is 118 Å². The molecule has 0 saturated carbocycles. The minimum atomic E-state index is -1.07. The van der Waals surface area contributed by atoms with Crippen LogP contribution in [-0.2, 0) is 30.3 Å². The Labute approximate surface area is 280 Å². The summed E-state index contributed by atoms with van der Waals surface area (Å²) in [5, 5.41) is 15.5. The van der Waals surface area contributed by atoms with E-state index in [1.165, 1.54) is 12.1 Å². The van der Waals surface area contributed by atoms with Gasteiger partial charge in [0.1, 0.15) is 23.4 Å². The zero-order chi connectivity index (χ0) is 35.0. The minimum absolute atomic E-state index is 0.00580. The second-order valence-corrected chi connectivity index (χ2v) is 12.9. The van der Waals surface area contributed by atoms with Crippen molar-refractivity contribution in [3.63, 3.8) is 0 Å². The van der Waals surface area contributed by atoms with E-state index in [1.807, 2.05) is 32.0 Å². The number of unbranched alkanes of at least 4 members (excludes halogenated alkanes) is 5. The number of aromatic hydroxyl groups is 1.